The summed E-state index contributed by atoms with van der Waals surface area (Å²) in [6.07, 6.45) is 8.44. The summed E-state index contributed by atoms with van der Waals surface area (Å²) in [6, 6.07) is 10.0. The number of rotatable bonds is 9. The Bertz CT molecular complexity index is 1070. The first-order chi connectivity index (χ1) is 17.7. The highest BCUT2D eigenvalue weighted by Gasteiger charge is 2.26. The molecule has 8 heteroatoms. The zero-order valence-corrected chi connectivity index (χ0v) is 20.8. The predicted octanol–water partition coefficient (Wildman–Crippen LogP) is 2.69. The van der Waals surface area contributed by atoms with Crippen molar-refractivity contribution in [2.24, 2.45) is 10.9 Å². The Morgan fingerprint density at radius 1 is 1.06 bits per heavy atom. The molecular weight excluding hydrogens is 456 g/mol. The van der Waals surface area contributed by atoms with Gasteiger partial charge in [0.05, 0.1) is 17.9 Å². The molecule has 1 aromatic heterocycles. The van der Waals surface area contributed by atoms with Gasteiger partial charge in [-0.3, -0.25) is 0 Å². The van der Waals surface area contributed by atoms with E-state index in [0.29, 0.717) is 31.7 Å². The van der Waals surface area contributed by atoms with Gasteiger partial charge in [0.25, 0.3) is 0 Å². The van der Waals surface area contributed by atoms with Crippen LogP contribution in [0.1, 0.15) is 37.7 Å². The van der Waals surface area contributed by atoms with E-state index in [1.54, 1.807) is 0 Å². The molecule has 3 fully saturated rings. The van der Waals surface area contributed by atoms with Crippen LogP contribution in [0.4, 0.5) is 5.69 Å². The van der Waals surface area contributed by atoms with Gasteiger partial charge in [0.1, 0.15) is 19.3 Å². The van der Waals surface area contributed by atoms with Crippen LogP contribution in [0.5, 0.6) is 17.4 Å². The number of nitrogens with zero attached hydrogens (tertiary/aromatic N) is 4. The van der Waals surface area contributed by atoms with Gasteiger partial charge in [0, 0.05) is 31.6 Å². The maximum Gasteiger partial charge on any atom is 0.213 e. The number of likely N-dealkylation sites (tertiary alicyclic amines) is 1. The minimum absolute atomic E-state index is 0.0286. The number of benzene rings is 1. The number of aromatic nitrogens is 1. The molecule has 2 aromatic rings. The first kappa shape index (κ1) is 23.4. The van der Waals surface area contributed by atoms with Crippen molar-refractivity contribution in [3.63, 3.8) is 0 Å². The van der Waals surface area contributed by atoms with Gasteiger partial charge in [-0.25, -0.2) is 4.98 Å². The fourth-order valence-corrected chi connectivity index (χ4v) is 5.37. The third-order valence-corrected chi connectivity index (χ3v) is 7.49. The first-order valence-electron chi connectivity index (χ1n) is 13.4. The summed E-state index contributed by atoms with van der Waals surface area (Å²) in [5, 5.41) is 13.3. The van der Waals surface area contributed by atoms with Crippen molar-refractivity contribution >= 4 is 11.6 Å². The van der Waals surface area contributed by atoms with Crippen molar-refractivity contribution < 1.29 is 19.3 Å². The van der Waals surface area contributed by atoms with Crippen molar-refractivity contribution in [3.05, 3.63) is 42.1 Å². The molecule has 3 aliphatic heterocycles. The molecule has 4 aliphatic rings. The third-order valence-electron chi connectivity index (χ3n) is 7.49. The molecule has 0 N–H and O–H groups in total. The minimum Gasteiger partial charge on any atom is -0.862 e. The average molecular weight is 492 g/mol. The number of aliphatic imine (C=N–C) groups is 1. The molecule has 8 nitrogen and oxygen atoms in total. The van der Waals surface area contributed by atoms with E-state index in [9.17, 15) is 5.11 Å². The number of pyridine rings is 1. The Kier molecular flexibility index (Phi) is 6.86. The highest BCUT2D eigenvalue weighted by Crippen LogP contribution is 2.32. The molecule has 6 rings (SSSR count). The number of ether oxygens (including phenoxy) is 3. The summed E-state index contributed by atoms with van der Waals surface area (Å²) < 4.78 is 17.2. The molecule has 0 amide bonds. The lowest BCUT2D eigenvalue weighted by atomic mass is 10.0. The molecule has 2 saturated heterocycles. The third kappa shape index (κ3) is 5.69. The van der Waals surface area contributed by atoms with E-state index >= 15 is 0 Å². The van der Waals surface area contributed by atoms with Gasteiger partial charge in [-0.05, 0) is 81.3 Å². The molecule has 2 unspecified atom stereocenters. The fourth-order valence-electron chi connectivity index (χ4n) is 5.37. The molecular formula is C28H35N4O4-. The Labute approximate surface area is 212 Å². The van der Waals surface area contributed by atoms with Crippen LogP contribution in [0.3, 0.4) is 0 Å². The van der Waals surface area contributed by atoms with Crippen LogP contribution >= 0.6 is 0 Å². The van der Waals surface area contributed by atoms with Crippen molar-refractivity contribution in [1.29, 1.82) is 0 Å². The molecule has 0 radical (unpaired) electrons. The topological polar surface area (TPSA) is 82.5 Å². The Morgan fingerprint density at radius 3 is 2.67 bits per heavy atom. The summed E-state index contributed by atoms with van der Waals surface area (Å²) in [6.45, 7) is 5.69. The van der Waals surface area contributed by atoms with Gasteiger partial charge >= 0.3 is 0 Å². The van der Waals surface area contributed by atoms with Crippen molar-refractivity contribution in [1.82, 2.24) is 9.88 Å². The second-order valence-electron chi connectivity index (χ2n) is 10.4. The maximum absolute atomic E-state index is 13.3. The van der Waals surface area contributed by atoms with Crippen LogP contribution in [0.2, 0.25) is 0 Å². The molecule has 1 aliphatic carbocycles. The van der Waals surface area contributed by atoms with E-state index in [1.165, 1.54) is 12.8 Å². The molecule has 0 spiro atoms. The van der Waals surface area contributed by atoms with Crippen LogP contribution in [-0.2, 0) is 6.42 Å². The van der Waals surface area contributed by atoms with Gasteiger partial charge < -0.3 is 34.1 Å². The molecule has 1 saturated carbocycles. The van der Waals surface area contributed by atoms with Gasteiger partial charge in [-0.1, -0.05) is 6.07 Å². The minimum atomic E-state index is -0.0752. The number of hydrogen-bond donors (Lipinski definition) is 0. The predicted molar refractivity (Wildman–Crippen MR) is 136 cm³/mol. The van der Waals surface area contributed by atoms with Crippen molar-refractivity contribution in [2.75, 3.05) is 50.8 Å². The lowest BCUT2D eigenvalue weighted by Crippen LogP contribution is -2.36. The summed E-state index contributed by atoms with van der Waals surface area (Å²) in [5.41, 5.74) is 2.17. The standard InChI is InChI=1S/C28H36N4O4/c33-28(21-9-12-32(18-21)23-4-8-27(29-17-23)36-24-5-6-24)30-22(19-31-10-1-2-11-31)15-20-3-7-25-26(16-20)35-14-13-34-25/h3-4,7-8,16-17,21-22,24H,1-2,5-6,9-15,18-19H2,(H,30,33)/p-1. The molecule has 1 aromatic carbocycles. The van der Waals surface area contributed by atoms with E-state index in [4.69, 9.17) is 19.2 Å². The van der Waals surface area contributed by atoms with Crippen LogP contribution in [-0.4, -0.2) is 73.9 Å². The zero-order valence-electron chi connectivity index (χ0n) is 20.8. The van der Waals surface area contributed by atoms with Crippen LogP contribution in [0.25, 0.3) is 0 Å². The van der Waals surface area contributed by atoms with E-state index in [2.05, 4.69) is 20.9 Å². The number of anilines is 1. The first-order valence-corrected chi connectivity index (χ1v) is 13.4. The van der Waals surface area contributed by atoms with E-state index < -0.39 is 0 Å². The highest BCUT2D eigenvalue weighted by molar-refractivity contribution is 5.76. The Balaban J connectivity index is 1.12. The molecule has 2 atom stereocenters. The summed E-state index contributed by atoms with van der Waals surface area (Å²) in [5.74, 6) is 2.22. The monoisotopic (exact) mass is 491 g/mol. The number of fused-ring (bicyclic) bond motifs is 1. The lowest BCUT2D eigenvalue weighted by molar-refractivity contribution is -0.223. The summed E-state index contributed by atoms with van der Waals surface area (Å²) in [4.78, 5) is 13.9. The van der Waals surface area contributed by atoms with Crippen molar-refractivity contribution in [2.45, 2.75) is 50.7 Å². The van der Waals surface area contributed by atoms with Gasteiger partial charge in [0.15, 0.2) is 11.5 Å². The second kappa shape index (κ2) is 10.5. The normalized spacial score (nSPS) is 23.2. The average Bonchev–Trinajstić information content (AvgIpc) is 3.33. The maximum atomic E-state index is 13.3. The smallest absolute Gasteiger partial charge is 0.213 e. The van der Waals surface area contributed by atoms with E-state index in [0.717, 1.165) is 74.6 Å². The zero-order chi connectivity index (χ0) is 24.3. The second-order valence-corrected chi connectivity index (χ2v) is 10.4. The lowest BCUT2D eigenvalue weighted by Gasteiger charge is -2.26. The van der Waals surface area contributed by atoms with Gasteiger partial charge in [-0.2, -0.15) is 0 Å². The van der Waals surface area contributed by atoms with Crippen LogP contribution in [0.15, 0.2) is 41.5 Å². The summed E-state index contributed by atoms with van der Waals surface area (Å²) in [7, 11) is 0. The van der Waals surface area contributed by atoms with E-state index in [-0.39, 0.29) is 17.9 Å². The SMILES string of the molecule is [O-]C(=NC(Cc1ccc2c(c1)OCCO2)CN1CCCC1)C1CCN(c2ccc(OC3CC3)nc2)C1. The largest absolute Gasteiger partial charge is 0.862 e. The fraction of sp³-hybridized carbons (Fsp3) is 0.571. The molecule has 4 heterocycles. The Morgan fingerprint density at radius 2 is 1.89 bits per heavy atom. The Hall–Kier alpha value is -3.00. The molecule has 192 valence electrons. The van der Waals surface area contributed by atoms with Crippen LogP contribution < -0.4 is 24.2 Å². The quantitative estimate of drug-likeness (QED) is 0.394. The van der Waals surface area contributed by atoms with E-state index in [1.807, 2.05) is 30.5 Å². The number of hydrogen-bond acceptors (Lipinski definition) is 8. The van der Waals surface area contributed by atoms with Gasteiger partial charge in [0.2, 0.25) is 5.88 Å². The highest BCUT2D eigenvalue weighted by atomic mass is 16.6. The molecule has 36 heavy (non-hydrogen) atoms. The van der Waals surface area contributed by atoms with Crippen molar-refractivity contribution in [3.8, 4) is 17.4 Å². The molecule has 0 bridgehead atoms. The summed E-state index contributed by atoms with van der Waals surface area (Å²) >= 11 is 0. The van der Waals surface area contributed by atoms with Crippen LogP contribution in [0, 0.1) is 5.92 Å². The van der Waals surface area contributed by atoms with Gasteiger partial charge in [-0.15, -0.1) is 0 Å².